The van der Waals surface area contributed by atoms with E-state index in [0.29, 0.717) is 5.56 Å². The van der Waals surface area contributed by atoms with Crippen LogP contribution in [0.2, 0.25) is 0 Å². The Bertz CT molecular complexity index is 820. The quantitative estimate of drug-likeness (QED) is 0.168. The zero-order valence-electron chi connectivity index (χ0n) is 17.6. The van der Waals surface area contributed by atoms with Crippen molar-refractivity contribution in [3.05, 3.63) is 35.9 Å². The second-order valence-electron chi connectivity index (χ2n) is 7.19. The van der Waals surface area contributed by atoms with Crippen molar-refractivity contribution in [1.82, 2.24) is 16.0 Å². The zero-order valence-corrected chi connectivity index (χ0v) is 18.5. The van der Waals surface area contributed by atoms with E-state index in [1.165, 1.54) is 6.92 Å². The Morgan fingerprint density at radius 3 is 1.97 bits per heavy atom. The molecule has 0 fully saturated rings. The predicted octanol–water partition coefficient (Wildman–Crippen LogP) is -1.69. The maximum absolute atomic E-state index is 12.8. The number of hydrogen-bond donors (Lipinski definition) is 7. The van der Waals surface area contributed by atoms with Gasteiger partial charge in [0, 0.05) is 18.6 Å². The van der Waals surface area contributed by atoms with Crippen molar-refractivity contribution in [2.75, 3.05) is 5.75 Å². The minimum absolute atomic E-state index is 0.0160. The van der Waals surface area contributed by atoms with Crippen LogP contribution >= 0.6 is 12.6 Å². The summed E-state index contributed by atoms with van der Waals surface area (Å²) in [5, 5.41) is 16.7. The highest BCUT2D eigenvalue weighted by molar-refractivity contribution is 7.80. The Balaban J connectivity index is 2.93. The molecule has 12 heteroatoms. The van der Waals surface area contributed by atoms with Gasteiger partial charge in [-0.2, -0.15) is 12.6 Å². The number of primary amides is 1. The molecule has 0 saturated heterocycles. The molecule has 4 atom stereocenters. The van der Waals surface area contributed by atoms with Gasteiger partial charge in [-0.25, -0.2) is 4.79 Å². The Labute approximate surface area is 191 Å². The third-order valence-corrected chi connectivity index (χ3v) is 4.80. The molecule has 0 radical (unpaired) electrons. The molecule has 4 amide bonds. The third-order valence-electron chi connectivity index (χ3n) is 4.44. The average molecular weight is 468 g/mol. The van der Waals surface area contributed by atoms with Gasteiger partial charge in [0.25, 0.3) is 0 Å². The number of nitrogens with two attached hydrogens (primary N) is 2. The lowest BCUT2D eigenvalue weighted by molar-refractivity contribution is -0.142. The van der Waals surface area contributed by atoms with Crippen LogP contribution in [-0.4, -0.2) is 64.6 Å². The van der Waals surface area contributed by atoms with E-state index in [1.54, 1.807) is 30.3 Å². The van der Waals surface area contributed by atoms with Gasteiger partial charge in [0.1, 0.15) is 18.1 Å². The fourth-order valence-corrected chi connectivity index (χ4v) is 2.90. The van der Waals surface area contributed by atoms with Crippen LogP contribution in [0.15, 0.2) is 30.3 Å². The number of benzene rings is 1. The molecule has 4 unspecified atom stereocenters. The van der Waals surface area contributed by atoms with Crippen molar-refractivity contribution in [1.29, 1.82) is 0 Å². The molecule has 0 bridgehead atoms. The molecule has 0 aromatic heterocycles. The Kier molecular flexibility index (Phi) is 11.2. The smallest absolute Gasteiger partial charge is 0.326 e. The normalized spacial score (nSPS) is 14.3. The van der Waals surface area contributed by atoms with Crippen LogP contribution < -0.4 is 27.4 Å². The molecule has 0 aliphatic heterocycles. The summed E-state index contributed by atoms with van der Waals surface area (Å²) in [6.45, 7) is 1.44. The highest BCUT2D eigenvalue weighted by atomic mass is 32.1. The molecule has 0 aliphatic rings. The number of carboxylic acids is 1. The lowest BCUT2D eigenvalue weighted by Crippen LogP contribution is -2.57. The second kappa shape index (κ2) is 13.3. The van der Waals surface area contributed by atoms with Crippen LogP contribution in [0.1, 0.15) is 25.3 Å². The Morgan fingerprint density at radius 2 is 1.47 bits per heavy atom. The highest BCUT2D eigenvalue weighted by Gasteiger charge is 2.29. The Morgan fingerprint density at radius 1 is 0.938 bits per heavy atom. The first kappa shape index (κ1) is 26.9. The number of hydrogen-bond acceptors (Lipinski definition) is 7. The summed E-state index contributed by atoms with van der Waals surface area (Å²) in [4.78, 5) is 60.0. The summed E-state index contributed by atoms with van der Waals surface area (Å²) in [6.07, 6.45) is -0.375. The minimum Gasteiger partial charge on any atom is -0.480 e. The molecule has 32 heavy (non-hydrogen) atoms. The topological polar surface area (TPSA) is 194 Å². The molecule has 8 N–H and O–H groups in total. The molecule has 1 aromatic rings. The largest absolute Gasteiger partial charge is 0.480 e. The van der Waals surface area contributed by atoms with Crippen molar-refractivity contribution in [2.24, 2.45) is 11.5 Å². The highest BCUT2D eigenvalue weighted by Crippen LogP contribution is 2.06. The number of nitrogens with one attached hydrogen (secondary N) is 3. The van der Waals surface area contributed by atoms with Gasteiger partial charge in [0.15, 0.2) is 0 Å². The van der Waals surface area contributed by atoms with Crippen molar-refractivity contribution in [3.8, 4) is 0 Å². The van der Waals surface area contributed by atoms with Gasteiger partial charge in [0.2, 0.25) is 23.6 Å². The molecular weight excluding hydrogens is 438 g/mol. The molecule has 11 nitrogen and oxygen atoms in total. The van der Waals surface area contributed by atoms with E-state index in [-0.39, 0.29) is 25.0 Å². The summed E-state index contributed by atoms with van der Waals surface area (Å²) in [6, 6.07) is 4.18. The number of rotatable bonds is 13. The molecule has 0 heterocycles. The van der Waals surface area contributed by atoms with Crippen LogP contribution in [0.3, 0.4) is 0 Å². The molecule has 0 aliphatic carbocycles. The van der Waals surface area contributed by atoms with Crippen LogP contribution in [0, 0.1) is 0 Å². The Hall–Kier alpha value is -3.12. The van der Waals surface area contributed by atoms with Crippen LogP contribution in [0.5, 0.6) is 0 Å². The summed E-state index contributed by atoms with van der Waals surface area (Å²) >= 11 is 4.03. The lowest BCUT2D eigenvalue weighted by atomic mass is 10.0. The third kappa shape index (κ3) is 9.35. The van der Waals surface area contributed by atoms with Gasteiger partial charge >= 0.3 is 5.97 Å². The van der Waals surface area contributed by atoms with E-state index in [1.807, 2.05) is 0 Å². The van der Waals surface area contributed by atoms with Crippen molar-refractivity contribution >= 4 is 42.2 Å². The summed E-state index contributed by atoms with van der Waals surface area (Å²) in [7, 11) is 0. The van der Waals surface area contributed by atoms with Crippen LogP contribution in [0.4, 0.5) is 0 Å². The standard InChI is InChI=1S/C20H29N5O6S/c1-11(21)17(27)25-15(10-32)19(29)23-13(7-8-16(22)26)18(28)24-14(20(30)31)9-12-5-3-2-4-6-12/h2-6,11,13-15,32H,7-10,21H2,1H3,(H2,22,26)(H,23,29)(H,24,28)(H,25,27)(H,30,31). The van der Waals surface area contributed by atoms with Gasteiger partial charge in [-0.15, -0.1) is 0 Å². The zero-order chi connectivity index (χ0) is 24.3. The van der Waals surface area contributed by atoms with Gasteiger partial charge < -0.3 is 32.5 Å². The monoisotopic (exact) mass is 467 g/mol. The van der Waals surface area contributed by atoms with Gasteiger partial charge in [0.05, 0.1) is 6.04 Å². The van der Waals surface area contributed by atoms with E-state index in [2.05, 4.69) is 28.6 Å². The summed E-state index contributed by atoms with van der Waals surface area (Å²) in [5.41, 5.74) is 11.3. The van der Waals surface area contributed by atoms with E-state index in [4.69, 9.17) is 11.5 Å². The van der Waals surface area contributed by atoms with Crippen LogP contribution in [-0.2, 0) is 30.4 Å². The van der Waals surface area contributed by atoms with Gasteiger partial charge in [-0.3, -0.25) is 19.2 Å². The van der Waals surface area contributed by atoms with Gasteiger partial charge in [-0.1, -0.05) is 30.3 Å². The number of amides is 4. The van der Waals surface area contributed by atoms with Crippen molar-refractivity contribution in [3.63, 3.8) is 0 Å². The molecular formula is C20H29N5O6S. The maximum Gasteiger partial charge on any atom is 0.326 e. The van der Waals surface area contributed by atoms with Crippen molar-refractivity contribution in [2.45, 2.75) is 50.4 Å². The van der Waals surface area contributed by atoms with E-state index >= 15 is 0 Å². The fourth-order valence-electron chi connectivity index (χ4n) is 2.65. The first-order valence-corrected chi connectivity index (χ1v) is 10.5. The van der Waals surface area contributed by atoms with Gasteiger partial charge in [-0.05, 0) is 18.9 Å². The number of carboxylic acid groups (broad SMARTS) is 1. The van der Waals surface area contributed by atoms with Crippen LogP contribution in [0.25, 0.3) is 0 Å². The van der Waals surface area contributed by atoms with Crippen molar-refractivity contribution < 1.29 is 29.1 Å². The average Bonchev–Trinajstić information content (AvgIpc) is 2.74. The number of aliphatic carboxylic acids is 1. The predicted molar refractivity (Wildman–Crippen MR) is 120 cm³/mol. The summed E-state index contributed by atoms with van der Waals surface area (Å²) in [5.74, 6) is -4.19. The molecule has 0 saturated carbocycles. The summed E-state index contributed by atoms with van der Waals surface area (Å²) < 4.78 is 0. The SMILES string of the molecule is CC(N)C(=O)NC(CS)C(=O)NC(CCC(N)=O)C(=O)NC(Cc1ccccc1)C(=O)O. The molecule has 1 aromatic carbocycles. The molecule has 176 valence electrons. The van der Waals surface area contributed by atoms with E-state index in [9.17, 15) is 29.1 Å². The molecule has 1 rings (SSSR count). The fraction of sp³-hybridized carbons (Fsp3) is 0.450. The number of carbonyl (C=O) groups excluding carboxylic acids is 4. The first-order chi connectivity index (χ1) is 15.0. The van der Waals surface area contributed by atoms with E-state index < -0.39 is 53.8 Å². The maximum atomic E-state index is 12.8. The van der Waals surface area contributed by atoms with E-state index in [0.717, 1.165) is 0 Å². The number of thiol groups is 1. The lowest BCUT2D eigenvalue weighted by Gasteiger charge is -2.24. The first-order valence-electron chi connectivity index (χ1n) is 9.87. The molecule has 0 spiro atoms. The minimum atomic E-state index is -1.27. The number of carbonyl (C=O) groups is 5. The second-order valence-corrected chi connectivity index (χ2v) is 7.55.